The summed E-state index contributed by atoms with van der Waals surface area (Å²) in [6.45, 7) is 6.95. The minimum absolute atomic E-state index is 0.304. The summed E-state index contributed by atoms with van der Waals surface area (Å²) in [5, 5.41) is 13.0. The number of carbonyl (C=O) groups is 1. The molecule has 28 heavy (non-hydrogen) atoms. The molecule has 0 radical (unpaired) electrons. The number of hydrogen-bond acceptors (Lipinski definition) is 6. The molecule has 1 aliphatic carbocycles. The number of nitriles is 1. The lowest BCUT2D eigenvalue weighted by Crippen LogP contribution is -2.13. The summed E-state index contributed by atoms with van der Waals surface area (Å²) in [6, 6.07) is 5.55. The molecule has 0 unspecified atom stereocenters. The second kappa shape index (κ2) is 8.98. The number of ether oxygens (including phenoxy) is 3. The summed E-state index contributed by atoms with van der Waals surface area (Å²) in [5.41, 5.74) is 2.07. The number of rotatable bonds is 8. The Kier molecular flexibility index (Phi) is 6.42. The van der Waals surface area contributed by atoms with Gasteiger partial charge in [0.25, 0.3) is 5.91 Å². The van der Waals surface area contributed by atoms with Gasteiger partial charge in [0, 0.05) is 10.4 Å². The molecule has 148 valence electrons. The van der Waals surface area contributed by atoms with Crippen LogP contribution in [0.2, 0.25) is 0 Å². The van der Waals surface area contributed by atoms with E-state index in [0.29, 0.717) is 53.2 Å². The summed E-state index contributed by atoms with van der Waals surface area (Å²) < 4.78 is 17.0. The first-order chi connectivity index (χ1) is 13.6. The quantitative estimate of drug-likeness (QED) is 0.703. The zero-order valence-corrected chi connectivity index (χ0v) is 17.2. The highest BCUT2D eigenvalue weighted by Gasteiger charge is 2.24. The van der Waals surface area contributed by atoms with E-state index in [4.69, 9.17) is 14.2 Å². The molecule has 0 spiro atoms. The number of nitrogens with zero attached hydrogens (tertiary/aromatic N) is 1. The predicted octanol–water partition coefficient (Wildman–Crippen LogP) is 4.56. The lowest BCUT2D eigenvalue weighted by Gasteiger charge is -2.17. The molecule has 1 heterocycles. The molecule has 1 N–H and O–H groups in total. The molecule has 1 amide bonds. The first-order valence-corrected chi connectivity index (χ1v) is 10.4. The summed E-state index contributed by atoms with van der Waals surface area (Å²) in [4.78, 5) is 14.1. The van der Waals surface area contributed by atoms with Crippen molar-refractivity contribution in [2.45, 2.75) is 40.0 Å². The van der Waals surface area contributed by atoms with Crippen LogP contribution in [0.25, 0.3) is 0 Å². The number of carbonyl (C=O) groups excluding carboxylic acids is 1. The number of anilines is 1. The molecule has 3 rings (SSSR count). The maximum absolute atomic E-state index is 12.9. The van der Waals surface area contributed by atoms with Gasteiger partial charge in [0.1, 0.15) is 11.1 Å². The van der Waals surface area contributed by atoms with Gasteiger partial charge in [-0.1, -0.05) is 0 Å². The molecule has 0 bridgehead atoms. The maximum atomic E-state index is 12.9. The number of fused-ring (bicyclic) bond motifs is 1. The van der Waals surface area contributed by atoms with Crippen LogP contribution in [0.3, 0.4) is 0 Å². The molecule has 0 fully saturated rings. The molecule has 7 heteroatoms. The number of nitrogens with one attached hydrogen (secondary N) is 1. The Hall–Kier alpha value is -2.72. The predicted molar refractivity (Wildman–Crippen MR) is 109 cm³/mol. The molecule has 2 aromatic rings. The van der Waals surface area contributed by atoms with E-state index in [1.165, 1.54) is 16.2 Å². The van der Waals surface area contributed by atoms with E-state index >= 15 is 0 Å². The Morgan fingerprint density at radius 3 is 2.32 bits per heavy atom. The van der Waals surface area contributed by atoms with Crippen LogP contribution in [0, 0.1) is 11.3 Å². The van der Waals surface area contributed by atoms with Crippen molar-refractivity contribution in [2.75, 3.05) is 25.1 Å². The van der Waals surface area contributed by atoms with Crippen molar-refractivity contribution in [1.82, 2.24) is 0 Å². The highest BCUT2D eigenvalue weighted by molar-refractivity contribution is 7.16. The smallest absolute Gasteiger partial charge is 0.256 e. The van der Waals surface area contributed by atoms with Crippen LogP contribution in [0.4, 0.5) is 5.00 Å². The van der Waals surface area contributed by atoms with Crippen molar-refractivity contribution in [3.63, 3.8) is 0 Å². The van der Waals surface area contributed by atoms with Gasteiger partial charge in [-0.3, -0.25) is 4.79 Å². The standard InChI is InChI=1S/C21H24N2O4S/c1-4-25-16-10-13(11-17(26-5-2)19(16)27-6-3)20(24)23-21-15(12-22)14-8-7-9-18(14)28-21/h10-11H,4-9H2,1-3H3,(H,23,24). The third-order valence-electron chi connectivity index (χ3n) is 4.43. The molecule has 1 aliphatic rings. The molecule has 1 aromatic carbocycles. The largest absolute Gasteiger partial charge is 0.490 e. The van der Waals surface area contributed by atoms with Gasteiger partial charge in [0.15, 0.2) is 11.5 Å². The van der Waals surface area contributed by atoms with Gasteiger partial charge in [0.2, 0.25) is 5.75 Å². The highest BCUT2D eigenvalue weighted by Crippen LogP contribution is 2.41. The summed E-state index contributed by atoms with van der Waals surface area (Å²) in [5.74, 6) is 1.13. The molecular formula is C21H24N2O4S. The topological polar surface area (TPSA) is 80.6 Å². The second-order valence-electron chi connectivity index (χ2n) is 6.23. The van der Waals surface area contributed by atoms with Crippen LogP contribution in [-0.2, 0) is 12.8 Å². The number of thiophene rings is 1. The van der Waals surface area contributed by atoms with Crippen molar-refractivity contribution in [3.05, 3.63) is 33.7 Å². The van der Waals surface area contributed by atoms with Gasteiger partial charge in [-0.25, -0.2) is 0 Å². The van der Waals surface area contributed by atoms with Crippen LogP contribution < -0.4 is 19.5 Å². The number of amides is 1. The SMILES string of the molecule is CCOc1cc(C(=O)Nc2sc3c(c2C#N)CCC3)cc(OCC)c1OCC. The second-order valence-corrected chi connectivity index (χ2v) is 7.33. The zero-order valence-electron chi connectivity index (χ0n) is 16.4. The summed E-state index contributed by atoms with van der Waals surface area (Å²) in [6.07, 6.45) is 2.94. The first kappa shape index (κ1) is 20.0. The Morgan fingerprint density at radius 1 is 1.11 bits per heavy atom. The van der Waals surface area contributed by atoms with E-state index < -0.39 is 0 Å². The minimum atomic E-state index is -0.304. The fourth-order valence-corrected chi connectivity index (χ4v) is 4.54. The van der Waals surface area contributed by atoms with Crippen molar-refractivity contribution in [3.8, 4) is 23.3 Å². The van der Waals surface area contributed by atoms with Gasteiger partial charge in [-0.15, -0.1) is 11.3 Å². The van der Waals surface area contributed by atoms with Crippen LogP contribution in [0.5, 0.6) is 17.2 Å². The number of benzene rings is 1. The molecular weight excluding hydrogens is 376 g/mol. The normalized spacial score (nSPS) is 12.2. The van der Waals surface area contributed by atoms with Gasteiger partial charge < -0.3 is 19.5 Å². The van der Waals surface area contributed by atoms with Gasteiger partial charge in [0.05, 0.1) is 25.4 Å². The van der Waals surface area contributed by atoms with Crippen LogP contribution in [0.1, 0.15) is 53.6 Å². The van der Waals surface area contributed by atoms with Gasteiger partial charge >= 0.3 is 0 Å². The molecule has 0 atom stereocenters. The van der Waals surface area contributed by atoms with E-state index in [0.717, 1.165) is 24.8 Å². The van der Waals surface area contributed by atoms with Crippen LogP contribution >= 0.6 is 11.3 Å². The number of hydrogen-bond donors (Lipinski definition) is 1. The number of aryl methyl sites for hydroxylation is 1. The van der Waals surface area contributed by atoms with E-state index in [1.54, 1.807) is 12.1 Å². The van der Waals surface area contributed by atoms with Crippen molar-refractivity contribution in [1.29, 1.82) is 5.26 Å². The Morgan fingerprint density at radius 2 is 1.75 bits per heavy atom. The third-order valence-corrected chi connectivity index (χ3v) is 5.64. The van der Waals surface area contributed by atoms with Crippen molar-refractivity contribution < 1.29 is 19.0 Å². The van der Waals surface area contributed by atoms with Crippen LogP contribution in [0.15, 0.2) is 12.1 Å². The molecule has 0 aliphatic heterocycles. The van der Waals surface area contributed by atoms with E-state index in [-0.39, 0.29) is 5.91 Å². The molecule has 0 saturated carbocycles. The van der Waals surface area contributed by atoms with E-state index in [1.807, 2.05) is 20.8 Å². The van der Waals surface area contributed by atoms with E-state index in [9.17, 15) is 10.1 Å². The summed E-state index contributed by atoms with van der Waals surface area (Å²) in [7, 11) is 0. The Labute approximate surface area is 169 Å². The highest BCUT2D eigenvalue weighted by atomic mass is 32.1. The van der Waals surface area contributed by atoms with E-state index in [2.05, 4.69) is 11.4 Å². The van der Waals surface area contributed by atoms with Gasteiger partial charge in [-0.05, 0) is 57.7 Å². The van der Waals surface area contributed by atoms with Crippen molar-refractivity contribution in [2.24, 2.45) is 0 Å². The molecule has 0 saturated heterocycles. The third kappa shape index (κ3) is 3.92. The lowest BCUT2D eigenvalue weighted by molar-refractivity contribution is 0.102. The van der Waals surface area contributed by atoms with Crippen molar-refractivity contribution >= 4 is 22.2 Å². The lowest BCUT2D eigenvalue weighted by atomic mass is 10.1. The fourth-order valence-electron chi connectivity index (χ4n) is 3.31. The average Bonchev–Trinajstić information content (AvgIpc) is 3.25. The van der Waals surface area contributed by atoms with Gasteiger partial charge in [-0.2, -0.15) is 5.26 Å². The first-order valence-electron chi connectivity index (χ1n) is 9.55. The van der Waals surface area contributed by atoms with Crippen LogP contribution in [-0.4, -0.2) is 25.7 Å². The monoisotopic (exact) mass is 400 g/mol. The Bertz CT molecular complexity index is 887. The fraction of sp³-hybridized carbons (Fsp3) is 0.429. The maximum Gasteiger partial charge on any atom is 0.256 e. The average molecular weight is 401 g/mol. The molecule has 1 aromatic heterocycles. The minimum Gasteiger partial charge on any atom is -0.490 e. The molecule has 6 nitrogen and oxygen atoms in total. The zero-order chi connectivity index (χ0) is 20.1. The summed E-state index contributed by atoms with van der Waals surface area (Å²) >= 11 is 1.49. The Balaban J connectivity index is 1.94.